The number of piperidine rings is 1. The maximum absolute atomic E-state index is 12.5. The lowest BCUT2D eigenvalue weighted by atomic mass is 9.96. The minimum Gasteiger partial charge on any atom is -0.373 e. The van der Waals surface area contributed by atoms with Gasteiger partial charge in [0.1, 0.15) is 11.6 Å². The number of hydrogen-bond donors (Lipinski definition) is 1. The first-order chi connectivity index (χ1) is 14.0. The van der Waals surface area contributed by atoms with Crippen molar-refractivity contribution in [2.45, 2.75) is 52.5 Å². The van der Waals surface area contributed by atoms with E-state index in [1.807, 2.05) is 30.7 Å². The van der Waals surface area contributed by atoms with Crippen molar-refractivity contribution >= 4 is 17.6 Å². The standard InChI is InChI=1S/C21H34N6O2/c1-5-26(6-2)19(29)14-25-10-7-8-16(12-25)20-23-18-9-11-27(15(3)28)13-17(18)21(22-4)24-20/h16H,5-14H2,1-4H3,(H,22,23,24)/t16-/m0/s1. The summed E-state index contributed by atoms with van der Waals surface area (Å²) in [6, 6.07) is 0. The molecular weight excluding hydrogens is 368 g/mol. The molecule has 2 amide bonds. The summed E-state index contributed by atoms with van der Waals surface area (Å²) in [6.07, 6.45) is 2.84. The normalized spacial score (nSPS) is 19.6. The summed E-state index contributed by atoms with van der Waals surface area (Å²) in [5.41, 5.74) is 2.08. The van der Waals surface area contributed by atoms with Crippen LogP contribution in [0, 0.1) is 0 Å². The SMILES string of the molecule is CCN(CC)C(=O)CN1CCC[C@H](c2nc3c(c(NC)n2)CN(C(C)=O)CC3)C1. The van der Waals surface area contributed by atoms with Crippen LogP contribution >= 0.6 is 0 Å². The second-order valence-corrected chi connectivity index (χ2v) is 7.94. The highest BCUT2D eigenvalue weighted by atomic mass is 16.2. The van der Waals surface area contributed by atoms with Crippen molar-refractivity contribution in [2.75, 3.05) is 51.6 Å². The van der Waals surface area contributed by atoms with E-state index in [9.17, 15) is 9.59 Å². The third-order valence-corrected chi connectivity index (χ3v) is 6.11. The molecule has 0 unspecified atom stereocenters. The van der Waals surface area contributed by atoms with Gasteiger partial charge in [-0.15, -0.1) is 0 Å². The maximum Gasteiger partial charge on any atom is 0.236 e. The van der Waals surface area contributed by atoms with Crippen molar-refractivity contribution in [3.05, 3.63) is 17.1 Å². The molecule has 8 heteroatoms. The van der Waals surface area contributed by atoms with Gasteiger partial charge < -0.3 is 15.1 Å². The van der Waals surface area contributed by atoms with E-state index in [4.69, 9.17) is 9.97 Å². The summed E-state index contributed by atoms with van der Waals surface area (Å²) in [6.45, 7) is 10.7. The summed E-state index contributed by atoms with van der Waals surface area (Å²) < 4.78 is 0. The fraction of sp³-hybridized carbons (Fsp3) is 0.714. The van der Waals surface area contributed by atoms with E-state index in [-0.39, 0.29) is 17.7 Å². The lowest BCUT2D eigenvalue weighted by Gasteiger charge is -2.34. The first kappa shape index (κ1) is 21.5. The molecule has 0 bridgehead atoms. The van der Waals surface area contributed by atoms with Gasteiger partial charge in [0.15, 0.2) is 0 Å². The van der Waals surface area contributed by atoms with Crippen LogP contribution in [-0.2, 0) is 22.6 Å². The van der Waals surface area contributed by atoms with Gasteiger partial charge in [-0.2, -0.15) is 0 Å². The molecule has 8 nitrogen and oxygen atoms in total. The molecule has 1 aromatic rings. The predicted octanol–water partition coefficient (Wildman–Crippen LogP) is 1.47. The summed E-state index contributed by atoms with van der Waals surface area (Å²) in [7, 11) is 1.87. The molecule has 1 atom stereocenters. The minimum absolute atomic E-state index is 0.0857. The van der Waals surface area contributed by atoms with Crippen molar-refractivity contribution in [2.24, 2.45) is 0 Å². The van der Waals surface area contributed by atoms with Crippen LogP contribution in [0.5, 0.6) is 0 Å². The molecule has 1 N–H and O–H groups in total. The molecule has 1 fully saturated rings. The third-order valence-electron chi connectivity index (χ3n) is 6.11. The molecule has 0 saturated carbocycles. The van der Waals surface area contributed by atoms with Crippen LogP contribution in [0.1, 0.15) is 56.6 Å². The van der Waals surface area contributed by atoms with E-state index < -0.39 is 0 Å². The molecule has 0 radical (unpaired) electrons. The van der Waals surface area contributed by atoms with Crippen LogP contribution in [0.4, 0.5) is 5.82 Å². The molecule has 0 spiro atoms. The maximum atomic E-state index is 12.5. The highest BCUT2D eigenvalue weighted by Gasteiger charge is 2.29. The minimum atomic E-state index is 0.0857. The van der Waals surface area contributed by atoms with Gasteiger partial charge in [0.25, 0.3) is 0 Å². The van der Waals surface area contributed by atoms with Crippen LogP contribution in [-0.4, -0.2) is 82.8 Å². The average Bonchev–Trinajstić information content (AvgIpc) is 2.73. The van der Waals surface area contributed by atoms with E-state index in [0.717, 1.165) is 68.3 Å². The fourth-order valence-corrected chi connectivity index (χ4v) is 4.37. The van der Waals surface area contributed by atoms with Gasteiger partial charge in [-0.25, -0.2) is 9.97 Å². The number of fused-ring (bicyclic) bond motifs is 1. The van der Waals surface area contributed by atoms with Gasteiger partial charge in [-0.05, 0) is 33.2 Å². The second kappa shape index (κ2) is 9.52. The monoisotopic (exact) mass is 402 g/mol. The zero-order valence-corrected chi connectivity index (χ0v) is 18.2. The van der Waals surface area contributed by atoms with E-state index in [2.05, 4.69) is 10.2 Å². The highest BCUT2D eigenvalue weighted by molar-refractivity contribution is 5.78. The Morgan fingerprint density at radius 2 is 1.97 bits per heavy atom. The fourth-order valence-electron chi connectivity index (χ4n) is 4.37. The van der Waals surface area contributed by atoms with Crippen LogP contribution in [0.25, 0.3) is 0 Å². The Kier molecular flexibility index (Phi) is 7.05. The lowest BCUT2D eigenvalue weighted by molar-refractivity contribution is -0.132. The Bertz CT molecular complexity index is 732. The zero-order chi connectivity index (χ0) is 21.0. The third kappa shape index (κ3) is 4.86. The Morgan fingerprint density at radius 3 is 2.62 bits per heavy atom. The molecule has 0 aromatic carbocycles. The molecule has 2 aliphatic rings. The summed E-state index contributed by atoms with van der Waals surface area (Å²) in [4.78, 5) is 40.0. The number of carbonyl (C=O) groups excluding carboxylic acids is 2. The number of carbonyl (C=O) groups is 2. The number of aromatic nitrogens is 2. The zero-order valence-electron chi connectivity index (χ0n) is 18.2. The van der Waals surface area contributed by atoms with E-state index in [1.54, 1.807) is 6.92 Å². The van der Waals surface area contributed by atoms with Gasteiger partial charge in [-0.1, -0.05) is 0 Å². The van der Waals surface area contributed by atoms with Gasteiger partial charge in [0.05, 0.1) is 18.8 Å². The van der Waals surface area contributed by atoms with Crippen LogP contribution in [0.2, 0.25) is 0 Å². The van der Waals surface area contributed by atoms with Crippen molar-refractivity contribution < 1.29 is 9.59 Å². The number of likely N-dealkylation sites (N-methyl/N-ethyl adjacent to an activating group) is 1. The largest absolute Gasteiger partial charge is 0.373 e. The number of anilines is 1. The van der Waals surface area contributed by atoms with E-state index in [1.165, 1.54) is 0 Å². The highest BCUT2D eigenvalue weighted by Crippen LogP contribution is 2.29. The Balaban J connectivity index is 1.75. The number of nitrogens with one attached hydrogen (secondary N) is 1. The van der Waals surface area contributed by atoms with Gasteiger partial charge >= 0.3 is 0 Å². The van der Waals surface area contributed by atoms with Crippen molar-refractivity contribution in [3.8, 4) is 0 Å². The predicted molar refractivity (Wildman–Crippen MR) is 113 cm³/mol. The summed E-state index contributed by atoms with van der Waals surface area (Å²) >= 11 is 0. The van der Waals surface area contributed by atoms with Crippen LogP contribution < -0.4 is 5.32 Å². The second-order valence-electron chi connectivity index (χ2n) is 7.94. The van der Waals surface area contributed by atoms with E-state index >= 15 is 0 Å². The molecule has 0 aliphatic carbocycles. The average molecular weight is 403 g/mol. The number of amides is 2. The van der Waals surface area contributed by atoms with Crippen molar-refractivity contribution in [1.82, 2.24) is 24.7 Å². The Hall–Kier alpha value is -2.22. The molecule has 1 aromatic heterocycles. The van der Waals surface area contributed by atoms with Gasteiger partial charge in [-0.3, -0.25) is 14.5 Å². The molecule has 160 valence electrons. The molecule has 29 heavy (non-hydrogen) atoms. The molecule has 1 saturated heterocycles. The van der Waals surface area contributed by atoms with Gasteiger partial charge in [0, 0.05) is 58.1 Å². The lowest BCUT2D eigenvalue weighted by Crippen LogP contribution is -2.44. The first-order valence-corrected chi connectivity index (χ1v) is 10.8. The van der Waals surface area contributed by atoms with Gasteiger partial charge in [0.2, 0.25) is 11.8 Å². The van der Waals surface area contributed by atoms with Crippen LogP contribution in [0.3, 0.4) is 0 Å². The van der Waals surface area contributed by atoms with Crippen LogP contribution in [0.15, 0.2) is 0 Å². The van der Waals surface area contributed by atoms with E-state index in [0.29, 0.717) is 19.6 Å². The molecule has 2 aliphatic heterocycles. The Morgan fingerprint density at radius 1 is 1.21 bits per heavy atom. The Labute approximate surface area is 173 Å². The smallest absolute Gasteiger partial charge is 0.236 e. The number of rotatable bonds is 6. The van der Waals surface area contributed by atoms with Crippen molar-refractivity contribution in [1.29, 1.82) is 0 Å². The number of hydrogen-bond acceptors (Lipinski definition) is 6. The topological polar surface area (TPSA) is 81.7 Å². The summed E-state index contributed by atoms with van der Waals surface area (Å²) in [5.74, 6) is 2.21. The summed E-state index contributed by atoms with van der Waals surface area (Å²) in [5, 5.41) is 3.20. The number of likely N-dealkylation sites (tertiary alicyclic amines) is 1. The molecular formula is C21H34N6O2. The quantitative estimate of drug-likeness (QED) is 0.776. The molecule has 3 rings (SSSR count). The molecule has 3 heterocycles. The first-order valence-electron chi connectivity index (χ1n) is 10.8. The van der Waals surface area contributed by atoms with Crippen molar-refractivity contribution in [3.63, 3.8) is 0 Å². The number of nitrogens with zero attached hydrogens (tertiary/aromatic N) is 5.